The molecule has 17 nitrogen and oxygen atoms in total. The molecule has 3 fully saturated rings. The Morgan fingerprint density at radius 3 is 2.08 bits per heavy atom. The SMILES string of the molecule is CC[C@H]1OC(=O)[C@H](C)[C@@H](O[C@H]2C[C@@](C)(OC)[C@@H](OC(=O)CCN(CC)CC)[C@H](C)O2)[C@H](C)[C@@H](O[C@@H]2O[C@H](C)C[C@H](NC)[C@H]2O)[C@](C)(OC)C[C@@H](C)C(=O)N[C@H](C)[C@@H](O)[C@]1(C)O. The van der Waals surface area contributed by atoms with Gasteiger partial charge in [-0.2, -0.15) is 0 Å². The molecule has 0 aromatic rings. The summed E-state index contributed by atoms with van der Waals surface area (Å²) < 4.78 is 50.9. The standard InChI is InChI=1S/C44H81N3O14/c1-16-31-44(12,53)36(50)28(8)46-39(51)24(4)22-42(10,54-14)37(61-41-34(49)30(45-13)21-25(5)56-41)26(6)35(27(7)40(52)58-31)60-33-23-43(11,55-15)38(29(9)57-33)59-32(48)19-20-47(17-2)18-3/h24-31,33-38,41,45,49-50,53H,16-23H2,1-15H3,(H,46,51)/t24-,25-,26+,27-,28-,29+,30+,31-,33+,34-,35+,36-,37-,38+,41+,42-,43-,44-/m1/s1. The number of carbonyl (C=O) groups is 3. The molecule has 18 atom stereocenters. The molecule has 61 heavy (non-hydrogen) atoms. The molecule has 17 heteroatoms. The van der Waals surface area contributed by atoms with Crippen LogP contribution in [0.3, 0.4) is 0 Å². The van der Waals surface area contributed by atoms with Crippen molar-refractivity contribution in [2.45, 2.75) is 205 Å². The van der Waals surface area contributed by atoms with Gasteiger partial charge in [-0.1, -0.05) is 34.6 Å². The number of aliphatic hydroxyl groups excluding tert-OH is 2. The number of ether oxygens (including phenoxy) is 8. The first-order chi connectivity index (χ1) is 28.5. The molecule has 5 N–H and O–H groups in total. The molecule has 3 heterocycles. The smallest absolute Gasteiger partial charge is 0.311 e. The molecule has 0 bridgehead atoms. The number of nitrogens with one attached hydrogen (secondary N) is 2. The maximum Gasteiger partial charge on any atom is 0.311 e. The third kappa shape index (κ3) is 12.8. The lowest BCUT2D eigenvalue weighted by molar-refractivity contribution is -0.318. The summed E-state index contributed by atoms with van der Waals surface area (Å²) in [5.41, 5.74) is -4.33. The van der Waals surface area contributed by atoms with Gasteiger partial charge in [0.1, 0.15) is 29.5 Å². The quantitative estimate of drug-likeness (QED) is 0.159. The summed E-state index contributed by atoms with van der Waals surface area (Å²) in [5, 5.41) is 40.7. The van der Waals surface area contributed by atoms with Crippen LogP contribution in [0.4, 0.5) is 0 Å². The highest BCUT2D eigenvalue weighted by atomic mass is 16.7. The molecule has 0 radical (unpaired) electrons. The van der Waals surface area contributed by atoms with Crippen LogP contribution in [0.25, 0.3) is 0 Å². The minimum Gasteiger partial charge on any atom is -0.459 e. The summed E-state index contributed by atoms with van der Waals surface area (Å²) in [6.45, 7) is 23.4. The highest BCUT2D eigenvalue weighted by molar-refractivity contribution is 5.78. The predicted octanol–water partition coefficient (Wildman–Crippen LogP) is 2.68. The highest BCUT2D eigenvalue weighted by Crippen LogP contribution is 2.41. The van der Waals surface area contributed by atoms with Crippen LogP contribution in [0.2, 0.25) is 0 Å². The molecule has 0 unspecified atom stereocenters. The van der Waals surface area contributed by atoms with Crippen molar-refractivity contribution in [2.75, 3.05) is 40.9 Å². The number of cyclic esters (lactones) is 1. The number of nitrogens with zero attached hydrogens (tertiary/aromatic N) is 1. The maximum atomic E-state index is 14.4. The second-order valence-electron chi connectivity index (χ2n) is 18.3. The molecule has 3 rings (SSSR count). The molecule has 3 saturated heterocycles. The van der Waals surface area contributed by atoms with E-state index in [1.165, 1.54) is 21.1 Å². The number of carbonyl (C=O) groups excluding carboxylic acids is 3. The third-order valence-electron chi connectivity index (χ3n) is 13.6. The molecule has 0 aromatic carbocycles. The van der Waals surface area contributed by atoms with Gasteiger partial charge in [0.15, 0.2) is 18.7 Å². The maximum absolute atomic E-state index is 14.4. The van der Waals surface area contributed by atoms with Crippen LogP contribution >= 0.6 is 0 Å². The first kappa shape index (κ1) is 53.3. The van der Waals surface area contributed by atoms with Gasteiger partial charge in [0.05, 0.1) is 48.4 Å². The van der Waals surface area contributed by atoms with Crippen molar-refractivity contribution in [1.82, 2.24) is 15.5 Å². The normalized spacial score (nSPS) is 43.5. The third-order valence-corrected chi connectivity index (χ3v) is 13.6. The fourth-order valence-corrected chi connectivity index (χ4v) is 9.41. The molecule has 0 aliphatic carbocycles. The average Bonchev–Trinajstić information content (AvgIpc) is 3.22. The van der Waals surface area contributed by atoms with Crippen LogP contribution in [-0.2, 0) is 52.3 Å². The van der Waals surface area contributed by atoms with Gasteiger partial charge in [-0.3, -0.25) is 14.4 Å². The Hall–Kier alpha value is -2.03. The van der Waals surface area contributed by atoms with E-state index in [2.05, 4.69) is 15.5 Å². The number of aliphatic hydroxyl groups is 3. The summed E-state index contributed by atoms with van der Waals surface area (Å²) in [7, 11) is 4.79. The van der Waals surface area contributed by atoms with Crippen LogP contribution < -0.4 is 10.6 Å². The van der Waals surface area contributed by atoms with Crippen molar-refractivity contribution in [3.63, 3.8) is 0 Å². The monoisotopic (exact) mass is 876 g/mol. The van der Waals surface area contributed by atoms with E-state index in [9.17, 15) is 29.7 Å². The van der Waals surface area contributed by atoms with Crippen molar-refractivity contribution in [1.29, 1.82) is 0 Å². The lowest BCUT2D eigenvalue weighted by Gasteiger charge is -2.49. The summed E-state index contributed by atoms with van der Waals surface area (Å²) in [4.78, 5) is 43.6. The number of amides is 1. The van der Waals surface area contributed by atoms with Gasteiger partial charge >= 0.3 is 11.9 Å². The number of likely N-dealkylation sites (N-methyl/N-ethyl adjacent to an activating group) is 1. The van der Waals surface area contributed by atoms with Crippen molar-refractivity contribution in [3.8, 4) is 0 Å². The Balaban J connectivity index is 2.15. The van der Waals surface area contributed by atoms with E-state index in [1.807, 2.05) is 34.6 Å². The van der Waals surface area contributed by atoms with Crippen molar-refractivity contribution >= 4 is 17.8 Å². The summed E-state index contributed by atoms with van der Waals surface area (Å²) >= 11 is 0. The zero-order chi connectivity index (χ0) is 46.2. The number of methoxy groups -OCH3 is 2. The van der Waals surface area contributed by atoms with Gasteiger partial charge in [0.2, 0.25) is 5.91 Å². The van der Waals surface area contributed by atoms with Gasteiger partial charge < -0.3 is 68.7 Å². The highest BCUT2D eigenvalue weighted by Gasteiger charge is 2.54. The van der Waals surface area contributed by atoms with Gasteiger partial charge in [0.25, 0.3) is 0 Å². The largest absolute Gasteiger partial charge is 0.459 e. The molecule has 0 spiro atoms. The summed E-state index contributed by atoms with van der Waals surface area (Å²) in [6, 6.07) is -1.30. The Bertz CT molecular complexity index is 1400. The van der Waals surface area contributed by atoms with Crippen LogP contribution in [-0.4, -0.2) is 169 Å². The zero-order valence-corrected chi connectivity index (χ0v) is 39.6. The molecule has 3 aliphatic rings. The van der Waals surface area contributed by atoms with E-state index in [1.54, 1.807) is 48.6 Å². The van der Waals surface area contributed by atoms with Crippen molar-refractivity contribution < 1.29 is 67.6 Å². The number of hydrogen-bond donors (Lipinski definition) is 5. The predicted molar refractivity (Wildman–Crippen MR) is 226 cm³/mol. The average molecular weight is 876 g/mol. The Morgan fingerprint density at radius 2 is 1.52 bits per heavy atom. The van der Waals surface area contributed by atoms with Gasteiger partial charge in [-0.15, -0.1) is 0 Å². The minimum absolute atomic E-state index is 0.0839. The Kier molecular flexibility index (Phi) is 19.9. The first-order valence-electron chi connectivity index (χ1n) is 22.4. The number of hydrogen-bond acceptors (Lipinski definition) is 16. The minimum atomic E-state index is -1.97. The molecule has 0 saturated carbocycles. The second kappa shape index (κ2) is 22.7. The second-order valence-corrected chi connectivity index (χ2v) is 18.3. The van der Waals surface area contributed by atoms with E-state index in [0.717, 1.165) is 13.1 Å². The van der Waals surface area contributed by atoms with E-state index < -0.39 is 108 Å². The van der Waals surface area contributed by atoms with Gasteiger partial charge in [0, 0.05) is 45.1 Å². The lowest BCUT2D eigenvalue weighted by Crippen LogP contribution is -2.61. The van der Waals surface area contributed by atoms with Crippen LogP contribution in [0.15, 0.2) is 0 Å². The van der Waals surface area contributed by atoms with Crippen molar-refractivity contribution in [2.24, 2.45) is 17.8 Å². The van der Waals surface area contributed by atoms with Crippen LogP contribution in [0.5, 0.6) is 0 Å². The van der Waals surface area contributed by atoms with Gasteiger partial charge in [-0.25, -0.2) is 0 Å². The molecule has 356 valence electrons. The number of esters is 2. The molecule has 3 aliphatic heterocycles. The van der Waals surface area contributed by atoms with E-state index in [4.69, 9.17) is 37.9 Å². The fourth-order valence-electron chi connectivity index (χ4n) is 9.41. The fraction of sp³-hybridized carbons (Fsp3) is 0.932. The topological polar surface area (TPSA) is 213 Å². The lowest BCUT2D eigenvalue weighted by atomic mass is 9.77. The van der Waals surface area contributed by atoms with E-state index >= 15 is 0 Å². The molecular formula is C44H81N3O14. The van der Waals surface area contributed by atoms with Crippen molar-refractivity contribution in [3.05, 3.63) is 0 Å². The molecule has 0 aromatic heterocycles. The Morgan fingerprint density at radius 1 is 0.918 bits per heavy atom. The first-order valence-corrected chi connectivity index (χ1v) is 22.4. The van der Waals surface area contributed by atoms with E-state index in [-0.39, 0.29) is 43.8 Å². The molecular weight excluding hydrogens is 794 g/mol. The summed E-state index contributed by atoms with van der Waals surface area (Å²) in [6.07, 6.45) is -8.78. The zero-order valence-electron chi connectivity index (χ0n) is 39.6. The summed E-state index contributed by atoms with van der Waals surface area (Å²) in [5.74, 6) is -4.09. The van der Waals surface area contributed by atoms with Crippen LogP contribution in [0.1, 0.15) is 115 Å². The molecule has 1 amide bonds. The van der Waals surface area contributed by atoms with Crippen LogP contribution in [0, 0.1) is 17.8 Å². The van der Waals surface area contributed by atoms with E-state index in [0.29, 0.717) is 13.0 Å². The number of rotatable bonds is 14. The Labute approximate surface area is 364 Å². The van der Waals surface area contributed by atoms with Gasteiger partial charge in [-0.05, 0) is 87.9 Å².